The summed E-state index contributed by atoms with van der Waals surface area (Å²) < 4.78 is 22.6. The highest BCUT2D eigenvalue weighted by molar-refractivity contribution is 7.90. The Balaban J connectivity index is 2.14. The van der Waals surface area contributed by atoms with E-state index < -0.39 is 15.4 Å². The Labute approximate surface area is 133 Å². The maximum absolute atomic E-state index is 12.6. The maximum Gasteiger partial charge on any atom is 0.251 e. The Morgan fingerprint density at radius 2 is 1.86 bits per heavy atom. The van der Waals surface area contributed by atoms with Crippen molar-refractivity contribution in [3.8, 4) is 0 Å². The van der Waals surface area contributed by atoms with Crippen molar-refractivity contribution in [2.24, 2.45) is 0 Å². The van der Waals surface area contributed by atoms with Crippen LogP contribution >= 0.6 is 0 Å². The van der Waals surface area contributed by atoms with E-state index in [-0.39, 0.29) is 11.7 Å². The predicted octanol–water partition coefficient (Wildman–Crippen LogP) is 2.43. The molecule has 0 radical (unpaired) electrons. The average Bonchev–Trinajstić information content (AvgIpc) is 2.85. The lowest BCUT2D eigenvalue weighted by Crippen LogP contribution is -2.44. The lowest BCUT2D eigenvalue weighted by molar-refractivity contribution is 0.0910. The van der Waals surface area contributed by atoms with Gasteiger partial charge in [0, 0.05) is 17.4 Å². The second kappa shape index (κ2) is 6.03. The number of nitrogens with one attached hydrogen (secondary N) is 1. The number of benzene rings is 1. The Morgan fingerprint density at radius 3 is 2.50 bits per heavy atom. The fourth-order valence-electron chi connectivity index (χ4n) is 2.98. The van der Waals surface area contributed by atoms with Gasteiger partial charge < -0.3 is 5.32 Å². The molecule has 5 heteroatoms. The largest absolute Gasteiger partial charge is 0.347 e. The molecule has 0 saturated carbocycles. The third kappa shape index (κ3) is 4.09. The molecule has 1 aromatic carbocycles. The second-order valence-corrected chi connectivity index (χ2v) is 9.22. The molecular weight excluding hydrogens is 298 g/mol. The monoisotopic (exact) mass is 323 g/mol. The topological polar surface area (TPSA) is 63.2 Å². The van der Waals surface area contributed by atoms with E-state index >= 15 is 0 Å². The van der Waals surface area contributed by atoms with Crippen molar-refractivity contribution < 1.29 is 13.2 Å². The van der Waals surface area contributed by atoms with Gasteiger partial charge in [-0.05, 0) is 69.2 Å². The molecule has 4 nitrogen and oxygen atoms in total. The number of fused-ring (bicyclic) bond motifs is 1. The van der Waals surface area contributed by atoms with E-state index in [0.29, 0.717) is 6.42 Å². The molecule has 22 heavy (non-hydrogen) atoms. The highest BCUT2D eigenvalue weighted by Crippen LogP contribution is 2.28. The summed E-state index contributed by atoms with van der Waals surface area (Å²) in [6, 6.07) is 3.89. The number of rotatable bonds is 5. The lowest BCUT2D eigenvalue weighted by atomic mass is 9.96. The predicted molar refractivity (Wildman–Crippen MR) is 89.1 cm³/mol. The molecule has 0 aliphatic heterocycles. The summed E-state index contributed by atoms with van der Waals surface area (Å²) >= 11 is 0. The molecule has 1 N–H and O–H groups in total. The summed E-state index contributed by atoms with van der Waals surface area (Å²) in [4.78, 5) is 12.6. The first-order valence-corrected chi connectivity index (χ1v) is 9.77. The normalized spacial score (nSPS) is 14.7. The van der Waals surface area contributed by atoms with Crippen LogP contribution in [0, 0.1) is 6.92 Å². The number of sulfone groups is 1. The van der Waals surface area contributed by atoms with Gasteiger partial charge in [0.25, 0.3) is 5.91 Å². The zero-order chi connectivity index (χ0) is 16.5. The minimum atomic E-state index is -3.02. The molecule has 0 unspecified atom stereocenters. The van der Waals surface area contributed by atoms with Gasteiger partial charge in [0.2, 0.25) is 0 Å². The maximum atomic E-state index is 12.6. The van der Waals surface area contributed by atoms with Crippen LogP contribution in [0.4, 0.5) is 0 Å². The number of hydrogen-bond donors (Lipinski definition) is 1. The van der Waals surface area contributed by atoms with E-state index in [1.807, 2.05) is 26.0 Å². The summed E-state index contributed by atoms with van der Waals surface area (Å²) in [5.41, 5.74) is 3.92. The van der Waals surface area contributed by atoms with Gasteiger partial charge in [0.1, 0.15) is 9.84 Å². The van der Waals surface area contributed by atoms with Gasteiger partial charge in [-0.1, -0.05) is 6.07 Å². The minimum Gasteiger partial charge on any atom is -0.347 e. The molecule has 1 aliphatic rings. The van der Waals surface area contributed by atoms with Crippen molar-refractivity contribution in [2.75, 3.05) is 12.0 Å². The lowest BCUT2D eigenvalue weighted by Gasteiger charge is -2.26. The molecule has 1 amide bonds. The first kappa shape index (κ1) is 17.0. The number of hydrogen-bond acceptors (Lipinski definition) is 3. The third-order valence-corrected chi connectivity index (χ3v) is 5.26. The zero-order valence-corrected chi connectivity index (χ0v) is 14.6. The average molecular weight is 323 g/mol. The molecule has 0 atom stereocenters. The van der Waals surface area contributed by atoms with E-state index in [1.54, 1.807) is 0 Å². The molecular formula is C17H25NO3S. The Kier molecular flexibility index (Phi) is 4.66. The van der Waals surface area contributed by atoms with Crippen molar-refractivity contribution in [3.05, 3.63) is 34.4 Å². The summed E-state index contributed by atoms with van der Waals surface area (Å²) in [6.45, 7) is 5.82. The van der Waals surface area contributed by atoms with Crippen molar-refractivity contribution in [3.63, 3.8) is 0 Å². The Morgan fingerprint density at radius 1 is 1.23 bits per heavy atom. The first-order chi connectivity index (χ1) is 10.1. The number of carbonyl (C=O) groups is 1. The summed E-state index contributed by atoms with van der Waals surface area (Å²) in [7, 11) is -3.02. The molecule has 2 rings (SSSR count). The molecule has 0 aromatic heterocycles. The highest BCUT2D eigenvalue weighted by Gasteiger charge is 2.26. The van der Waals surface area contributed by atoms with E-state index in [9.17, 15) is 13.2 Å². The molecule has 1 aromatic rings. The summed E-state index contributed by atoms with van der Waals surface area (Å²) in [5.74, 6) is -0.0246. The Bertz CT molecular complexity index is 690. The molecule has 0 bridgehead atoms. The molecule has 1 aliphatic carbocycles. The smallest absolute Gasteiger partial charge is 0.251 e. The third-order valence-electron chi connectivity index (χ3n) is 4.31. The van der Waals surface area contributed by atoms with Crippen molar-refractivity contribution in [1.29, 1.82) is 0 Å². The van der Waals surface area contributed by atoms with Crippen LogP contribution < -0.4 is 5.32 Å². The van der Waals surface area contributed by atoms with Crippen LogP contribution in [0.1, 0.15) is 53.7 Å². The van der Waals surface area contributed by atoms with Crippen molar-refractivity contribution >= 4 is 15.7 Å². The molecule has 0 heterocycles. The van der Waals surface area contributed by atoms with Gasteiger partial charge in [-0.3, -0.25) is 4.79 Å². The molecule has 0 fully saturated rings. The van der Waals surface area contributed by atoms with E-state index in [2.05, 4.69) is 12.2 Å². The van der Waals surface area contributed by atoms with Crippen LogP contribution in [0.5, 0.6) is 0 Å². The van der Waals surface area contributed by atoms with E-state index in [0.717, 1.165) is 30.4 Å². The Hall–Kier alpha value is -1.36. The summed E-state index contributed by atoms with van der Waals surface area (Å²) in [6.07, 6.45) is 4.71. The standard InChI is InChI=1S/C17H25NO3S/c1-12-8-9-15(14-7-5-6-13(12)14)16(19)18-17(2,3)10-11-22(4,20)21/h8-9H,5-7,10-11H2,1-4H3,(H,18,19). The number of aryl methyl sites for hydroxylation is 1. The van der Waals surface area contributed by atoms with Gasteiger partial charge in [0.15, 0.2) is 0 Å². The zero-order valence-electron chi connectivity index (χ0n) is 13.8. The van der Waals surface area contributed by atoms with Crippen LogP contribution in [0.2, 0.25) is 0 Å². The van der Waals surface area contributed by atoms with Crippen molar-refractivity contribution in [2.45, 2.75) is 52.0 Å². The molecule has 122 valence electrons. The van der Waals surface area contributed by atoms with E-state index in [4.69, 9.17) is 0 Å². The SMILES string of the molecule is Cc1ccc(C(=O)NC(C)(C)CCS(C)(=O)=O)c2c1CCC2. The fourth-order valence-corrected chi connectivity index (χ4v) is 3.86. The minimum absolute atomic E-state index is 0.0757. The van der Waals surface area contributed by atoms with Crippen LogP contribution in [0.3, 0.4) is 0 Å². The highest BCUT2D eigenvalue weighted by atomic mass is 32.2. The van der Waals surface area contributed by atoms with Gasteiger partial charge in [-0.25, -0.2) is 8.42 Å². The molecule has 0 spiro atoms. The number of amides is 1. The number of carbonyl (C=O) groups excluding carboxylic acids is 1. The van der Waals surface area contributed by atoms with Crippen LogP contribution in [-0.4, -0.2) is 31.9 Å². The van der Waals surface area contributed by atoms with Crippen LogP contribution in [0.25, 0.3) is 0 Å². The van der Waals surface area contributed by atoms with Crippen LogP contribution in [-0.2, 0) is 22.7 Å². The van der Waals surface area contributed by atoms with Gasteiger partial charge >= 0.3 is 0 Å². The molecule has 0 saturated heterocycles. The first-order valence-electron chi connectivity index (χ1n) is 7.71. The summed E-state index contributed by atoms with van der Waals surface area (Å²) in [5, 5.41) is 2.99. The van der Waals surface area contributed by atoms with E-state index in [1.165, 1.54) is 17.4 Å². The van der Waals surface area contributed by atoms with Crippen LogP contribution in [0.15, 0.2) is 12.1 Å². The fraction of sp³-hybridized carbons (Fsp3) is 0.588. The van der Waals surface area contributed by atoms with Gasteiger partial charge in [-0.2, -0.15) is 0 Å². The van der Waals surface area contributed by atoms with Crippen molar-refractivity contribution in [1.82, 2.24) is 5.32 Å². The van der Waals surface area contributed by atoms with Gasteiger partial charge in [-0.15, -0.1) is 0 Å². The van der Waals surface area contributed by atoms with Gasteiger partial charge in [0.05, 0.1) is 5.75 Å². The quantitative estimate of drug-likeness (QED) is 0.905. The second-order valence-electron chi connectivity index (χ2n) is 6.96.